The van der Waals surface area contributed by atoms with E-state index in [9.17, 15) is 5.11 Å². The Morgan fingerprint density at radius 3 is 2.95 bits per heavy atom. The van der Waals surface area contributed by atoms with Crippen LogP contribution in [0.4, 0.5) is 5.69 Å². The van der Waals surface area contributed by atoms with E-state index in [1.54, 1.807) is 7.11 Å². The summed E-state index contributed by atoms with van der Waals surface area (Å²) in [6.07, 6.45) is 5.82. The number of methoxy groups -OCH3 is 1. The maximum atomic E-state index is 9.94. The molecule has 1 saturated carbocycles. The molecule has 106 valence electrons. The van der Waals surface area contributed by atoms with Crippen molar-refractivity contribution >= 4 is 5.69 Å². The van der Waals surface area contributed by atoms with Crippen LogP contribution in [0, 0.1) is 5.92 Å². The molecule has 2 N–H and O–H groups in total. The average molecular weight is 263 g/mol. The highest BCUT2D eigenvalue weighted by molar-refractivity contribution is 5.50. The minimum absolute atomic E-state index is 0.167. The molecule has 2 rings (SSSR count). The predicted molar refractivity (Wildman–Crippen MR) is 78.7 cm³/mol. The van der Waals surface area contributed by atoms with Crippen LogP contribution < -0.4 is 10.1 Å². The van der Waals surface area contributed by atoms with E-state index >= 15 is 0 Å². The molecule has 3 nitrogen and oxygen atoms in total. The van der Waals surface area contributed by atoms with E-state index in [1.165, 1.54) is 19.3 Å². The quantitative estimate of drug-likeness (QED) is 0.855. The van der Waals surface area contributed by atoms with E-state index in [1.807, 2.05) is 24.3 Å². The van der Waals surface area contributed by atoms with E-state index in [2.05, 4.69) is 12.2 Å². The topological polar surface area (TPSA) is 41.5 Å². The Morgan fingerprint density at radius 2 is 2.26 bits per heavy atom. The third kappa shape index (κ3) is 3.03. The van der Waals surface area contributed by atoms with Crippen molar-refractivity contribution in [2.75, 3.05) is 19.0 Å². The van der Waals surface area contributed by atoms with E-state index in [-0.39, 0.29) is 12.1 Å². The standard InChI is InChI=1S/C16H25NO2/c1-3-13-7-4-5-10-16(13,12-18)17-14-8-6-9-15(11-14)19-2/h6,8-9,11,13,17-18H,3-5,7,10,12H2,1-2H3. The van der Waals surface area contributed by atoms with Crippen molar-refractivity contribution in [3.63, 3.8) is 0 Å². The van der Waals surface area contributed by atoms with Crippen LogP contribution in [0.1, 0.15) is 39.0 Å². The third-order valence-corrected chi connectivity index (χ3v) is 4.44. The minimum atomic E-state index is -0.167. The van der Waals surface area contributed by atoms with E-state index in [0.29, 0.717) is 5.92 Å². The molecule has 1 aliphatic rings. The Balaban J connectivity index is 2.20. The second-order valence-electron chi connectivity index (χ2n) is 5.52. The van der Waals surface area contributed by atoms with Gasteiger partial charge in [-0.2, -0.15) is 0 Å². The van der Waals surface area contributed by atoms with Crippen LogP contribution in [-0.2, 0) is 0 Å². The summed E-state index contributed by atoms with van der Waals surface area (Å²) in [5.74, 6) is 1.39. The summed E-state index contributed by atoms with van der Waals surface area (Å²) in [7, 11) is 1.68. The van der Waals surface area contributed by atoms with Crippen molar-refractivity contribution in [2.24, 2.45) is 5.92 Å². The number of ether oxygens (including phenoxy) is 1. The first kappa shape index (κ1) is 14.2. The Hall–Kier alpha value is -1.22. The minimum Gasteiger partial charge on any atom is -0.497 e. The fourth-order valence-corrected chi connectivity index (χ4v) is 3.31. The molecule has 1 aromatic carbocycles. The number of hydrogen-bond acceptors (Lipinski definition) is 3. The van der Waals surface area contributed by atoms with Crippen LogP contribution in [-0.4, -0.2) is 24.4 Å². The fourth-order valence-electron chi connectivity index (χ4n) is 3.31. The molecule has 19 heavy (non-hydrogen) atoms. The summed E-state index contributed by atoms with van der Waals surface area (Å²) in [4.78, 5) is 0. The maximum Gasteiger partial charge on any atom is 0.120 e. The number of nitrogens with one attached hydrogen (secondary N) is 1. The van der Waals surface area contributed by atoms with E-state index in [4.69, 9.17) is 4.74 Å². The van der Waals surface area contributed by atoms with Crippen molar-refractivity contribution in [2.45, 2.75) is 44.6 Å². The van der Waals surface area contributed by atoms with Gasteiger partial charge < -0.3 is 15.2 Å². The molecular formula is C16H25NO2. The van der Waals surface area contributed by atoms with Crippen LogP contribution in [0.3, 0.4) is 0 Å². The zero-order chi connectivity index (χ0) is 13.7. The van der Waals surface area contributed by atoms with Gasteiger partial charge in [0.25, 0.3) is 0 Å². The summed E-state index contributed by atoms with van der Waals surface area (Å²) in [5, 5.41) is 13.5. The Kier molecular flexibility index (Phi) is 4.70. The van der Waals surface area contributed by atoms with Gasteiger partial charge in [-0.05, 0) is 30.9 Å². The third-order valence-electron chi connectivity index (χ3n) is 4.44. The highest BCUT2D eigenvalue weighted by atomic mass is 16.5. The van der Waals surface area contributed by atoms with E-state index < -0.39 is 0 Å². The lowest BCUT2D eigenvalue weighted by Crippen LogP contribution is -2.50. The molecule has 1 aliphatic carbocycles. The van der Waals surface area contributed by atoms with Gasteiger partial charge in [0.15, 0.2) is 0 Å². The number of aliphatic hydroxyl groups is 1. The Labute approximate surface area is 116 Å². The number of aliphatic hydroxyl groups excluding tert-OH is 1. The lowest BCUT2D eigenvalue weighted by molar-refractivity contribution is 0.115. The smallest absolute Gasteiger partial charge is 0.120 e. The lowest BCUT2D eigenvalue weighted by atomic mass is 9.71. The number of anilines is 1. The van der Waals surface area contributed by atoms with Crippen LogP contribution in [0.15, 0.2) is 24.3 Å². The van der Waals surface area contributed by atoms with Gasteiger partial charge in [0.05, 0.1) is 19.3 Å². The summed E-state index contributed by atoms with van der Waals surface area (Å²) in [6.45, 7) is 2.41. The highest BCUT2D eigenvalue weighted by Gasteiger charge is 2.39. The van der Waals surface area contributed by atoms with Gasteiger partial charge in [-0.3, -0.25) is 0 Å². The molecule has 0 radical (unpaired) electrons. The summed E-state index contributed by atoms with van der Waals surface area (Å²) < 4.78 is 5.26. The Bertz CT molecular complexity index is 407. The van der Waals surface area contributed by atoms with Gasteiger partial charge in [-0.1, -0.05) is 32.3 Å². The maximum absolute atomic E-state index is 9.94. The molecule has 2 unspecified atom stereocenters. The highest BCUT2D eigenvalue weighted by Crippen LogP contribution is 2.38. The number of hydrogen-bond donors (Lipinski definition) is 2. The second-order valence-corrected chi connectivity index (χ2v) is 5.52. The van der Waals surface area contributed by atoms with Crippen LogP contribution in [0.5, 0.6) is 5.75 Å². The molecule has 0 spiro atoms. The first-order valence-electron chi connectivity index (χ1n) is 7.27. The largest absolute Gasteiger partial charge is 0.497 e. The summed E-state index contributed by atoms with van der Waals surface area (Å²) in [6, 6.07) is 7.96. The summed E-state index contributed by atoms with van der Waals surface area (Å²) >= 11 is 0. The van der Waals surface area contributed by atoms with E-state index in [0.717, 1.165) is 24.3 Å². The van der Waals surface area contributed by atoms with Crippen LogP contribution in [0.25, 0.3) is 0 Å². The SMILES string of the molecule is CCC1CCCCC1(CO)Nc1cccc(OC)c1. The molecule has 0 amide bonds. The molecule has 0 bridgehead atoms. The fraction of sp³-hybridized carbons (Fsp3) is 0.625. The van der Waals surface area contributed by atoms with Gasteiger partial charge in [-0.25, -0.2) is 0 Å². The molecule has 1 fully saturated rings. The van der Waals surface area contributed by atoms with Crippen molar-refractivity contribution in [1.82, 2.24) is 0 Å². The van der Waals surface area contributed by atoms with Crippen molar-refractivity contribution in [1.29, 1.82) is 0 Å². The van der Waals surface area contributed by atoms with Gasteiger partial charge in [0.2, 0.25) is 0 Å². The Morgan fingerprint density at radius 1 is 1.42 bits per heavy atom. The molecule has 1 aromatic rings. The molecular weight excluding hydrogens is 238 g/mol. The van der Waals surface area contributed by atoms with Crippen molar-refractivity contribution in [3.05, 3.63) is 24.3 Å². The van der Waals surface area contributed by atoms with Crippen molar-refractivity contribution < 1.29 is 9.84 Å². The number of benzene rings is 1. The molecule has 0 heterocycles. The van der Waals surface area contributed by atoms with Crippen LogP contribution in [0.2, 0.25) is 0 Å². The lowest BCUT2D eigenvalue weighted by Gasteiger charge is -2.44. The van der Waals surface area contributed by atoms with Gasteiger partial charge >= 0.3 is 0 Å². The molecule has 0 saturated heterocycles. The zero-order valence-corrected chi connectivity index (χ0v) is 12.0. The summed E-state index contributed by atoms with van der Waals surface area (Å²) in [5.41, 5.74) is 0.869. The molecule has 2 atom stereocenters. The first-order chi connectivity index (χ1) is 9.24. The molecule has 0 aliphatic heterocycles. The van der Waals surface area contributed by atoms with Gasteiger partial charge in [0, 0.05) is 11.8 Å². The average Bonchev–Trinajstić information content (AvgIpc) is 2.47. The van der Waals surface area contributed by atoms with Crippen molar-refractivity contribution in [3.8, 4) is 5.75 Å². The molecule has 3 heteroatoms. The van der Waals surface area contributed by atoms with Gasteiger partial charge in [-0.15, -0.1) is 0 Å². The normalized spacial score (nSPS) is 27.0. The van der Waals surface area contributed by atoms with Crippen LogP contribution >= 0.6 is 0 Å². The number of rotatable bonds is 5. The first-order valence-corrected chi connectivity index (χ1v) is 7.27. The second kappa shape index (κ2) is 6.29. The predicted octanol–water partition coefficient (Wildman–Crippen LogP) is 3.44. The zero-order valence-electron chi connectivity index (χ0n) is 12.0. The monoisotopic (exact) mass is 263 g/mol. The molecule has 0 aromatic heterocycles. The van der Waals surface area contributed by atoms with Gasteiger partial charge in [0.1, 0.15) is 5.75 Å².